The quantitative estimate of drug-likeness (QED) is 0.407. The normalized spacial score (nSPS) is 11.3. The summed E-state index contributed by atoms with van der Waals surface area (Å²) in [5.41, 5.74) is 1.81. The van der Waals surface area contributed by atoms with Crippen molar-refractivity contribution >= 4 is 34.4 Å². The Morgan fingerprint density at radius 3 is 2.41 bits per heavy atom. The summed E-state index contributed by atoms with van der Waals surface area (Å²) in [6, 6.07) is 15.0. The zero-order valence-corrected chi connectivity index (χ0v) is 21.0. The Labute approximate surface area is 206 Å². The van der Waals surface area contributed by atoms with E-state index in [1.807, 2.05) is 61.4 Å². The molecule has 0 saturated heterocycles. The predicted octanol–water partition coefficient (Wildman–Crippen LogP) is 4.46. The lowest BCUT2D eigenvalue weighted by atomic mass is 10.2. The number of imidazole rings is 1. The summed E-state index contributed by atoms with van der Waals surface area (Å²) < 4.78 is 7.47. The van der Waals surface area contributed by atoms with E-state index in [2.05, 4.69) is 5.32 Å². The van der Waals surface area contributed by atoms with Crippen molar-refractivity contribution in [2.45, 2.75) is 59.2 Å². The average molecular weight is 485 g/mol. The third kappa shape index (κ3) is 6.73. The zero-order chi connectivity index (χ0) is 24.7. The van der Waals surface area contributed by atoms with E-state index in [1.54, 1.807) is 24.3 Å². The van der Waals surface area contributed by atoms with Gasteiger partial charge in [0, 0.05) is 30.1 Å². The van der Waals surface area contributed by atoms with Crippen molar-refractivity contribution in [3.63, 3.8) is 0 Å². The number of carbonyl (C=O) groups excluding carboxylic acids is 2. The van der Waals surface area contributed by atoms with Crippen LogP contribution in [0, 0.1) is 0 Å². The van der Waals surface area contributed by atoms with Crippen LogP contribution in [0.5, 0.6) is 5.75 Å². The molecule has 7 nitrogen and oxygen atoms in total. The van der Waals surface area contributed by atoms with Gasteiger partial charge in [0.25, 0.3) is 5.91 Å². The highest BCUT2D eigenvalue weighted by Crippen LogP contribution is 2.19. The summed E-state index contributed by atoms with van der Waals surface area (Å²) in [5.74, 6) is 1.31. The number of aryl methyl sites for hydroxylation is 1. The molecule has 1 heterocycles. The van der Waals surface area contributed by atoms with E-state index >= 15 is 0 Å². The number of hydrogen-bond acceptors (Lipinski definition) is 4. The first-order chi connectivity index (χ1) is 16.3. The van der Waals surface area contributed by atoms with Crippen LogP contribution in [-0.4, -0.2) is 51.5 Å². The number of ether oxygens (including phenoxy) is 1. The van der Waals surface area contributed by atoms with Gasteiger partial charge >= 0.3 is 0 Å². The lowest BCUT2D eigenvalue weighted by Crippen LogP contribution is -2.43. The average Bonchev–Trinajstić information content (AvgIpc) is 3.13. The van der Waals surface area contributed by atoms with E-state index in [4.69, 9.17) is 21.3 Å². The Morgan fingerprint density at radius 1 is 1.06 bits per heavy atom. The Balaban J connectivity index is 1.58. The molecule has 1 aromatic heterocycles. The summed E-state index contributed by atoms with van der Waals surface area (Å²) in [7, 11) is 0. The molecule has 182 valence electrons. The minimum absolute atomic E-state index is 0.0606. The molecule has 1 N–H and O–H groups in total. The lowest BCUT2D eigenvalue weighted by Gasteiger charge is -2.31. The fraction of sp³-hybridized carbons (Fsp3) is 0.423. The first-order valence-corrected chi connectivity index (χ1v) is 12.0. The van der Waals surface area contributed by atoms with Crippen molar-refractivity contribution in [3.8, 4) is 5.75 Å². The van der Waals surface area contributed by atoms with E-state index in [-0.39, 0.29) is 37.0 Å². The van der Waals surface area contributed by atoms with Crippen LogP contribution in [0.4, 0.5) is 0 Å². The monoisotopic (exact) mass is 484 g/mol. The Kier molecular flexibility index (Phi) is 8.93. The van der Waals surface area contributed by atoms with Gasteiger partial charge in [0.15, 0.2) is 6.61 Å². The van der Waals surface area contributed by atoms with Gasteiger partial charge < -0.3 is 19.5 Å². The van der Waals surface area contributed by atoms with Crippen molar-refractivity contribution in [2.24, 2.45) is 0 Å². The fourth-order valence-electron chi connectivity index (χ4n) is 4.09. The Bertz CT molecular complexity index is 1100. The summed E-state index contributed by atoms with van der Waals surface area (Å²) in [5, 5.41) is 3.49. The van der Waals surface area contributed by atoms with Crippen molar-refractivity contribution in [1.29, 1.82) is 0 Å². The van der Waals surface area contributed by atoms with Crippen LogP contribution in [0.15, 0.2) is 48.5 Å². The Morgan fingerprint density at radius 2 is 1.74 bits per heavy atom. The van der Waals surface area contributed by atoms with E-state index in [9.17, 15) is 9.59 Å². The molecular weight excluding hydrogens is 452 g/mol. The molecule has 0 radical (unpaired) electrons. The van der Waals surface area contributed by atoms with Crippen LogP contribution in [0.25, 0.3) is 11.0 Å². The SMILES string of the molecule is CC(C)N(C(=O)Cn1c(CCCNC(=O)COc2ccc(Cl)cc2)nc2ccccc21)C(C)C. The maximum atomic E-state index is 13.1. The second-order valence-electron chi connectivity index (χ2n) is 8.79. The van der Waals surface area contributed by atoms with Crippen molar-refractivity contribution in [3.05, 3.63) is 59.4 Å². The zero-order valence-electron chi connectivity index (χ0n) is 20.3. The van der Waals surface area contributed by atoms with Crippen LogP contribution in [0.3, 0.4) is 0 Å². The molecule has 8 heteroatoms. The second kappa shape index (κ2) is 11.9. The molecule has 0 aliphatic carbocycles. The third-order valence-corrected chi connectivity index (χ3v) is 5.76. The fourth-order valence-corrected chi connectivity index (χ4v) is 4.21. The largest absolute Gasteiger partial charge is 0.484 e. The number of carbonyl (C=O) groups is 2. The van der Waals surface area contributed by atoms with Crippen molar-refractivity contribution < 1.29 is 14.3 Å². The number of benzene rings is 2. The van der Waals surface area contributed by atoms with Crippen molar-refractivity contribution in [1.82, 2.24) is 19.8 Å². The van der Waals surface area contributed by atoms with E-state index in [1.165, 1.54) is 0 Å². The number of fused-ring (bicyclic) bond motifs is 1. The topological polar surface area (TPSA) is 76.5 Å². The minimum atomic E-state index is -0.192. The summed E-state index contributed by atoms with van der Waals surface area (Å²) in [6.45, 7) is 8.80. The lowest BCUT2D eigenvalue weighted by molar-refractivity contribution is -0.135. The molecule has 0 aliphatic rings. The molecule has 0 aliphatic heterocycles. The van der Waals surface area contributed by atoms with Gasteiger partial charge in [-0.2, -0.15) is 0 Å². The molecule has 3 aromatic rings. The van der Waals surface area contributed by atoms with Crippen LogP contribution >= 0.6 is 11.6 Å². The molecule has 0 bridgehead atoms. The van der Waals surface area contributed by atoms with Crippen LogP contribution < -0.4 is 10.1 Å². The van der Waals surface area contributed by atoms with Crippen LogP contribution in [0.1, 0.15) is 39.9 Å². The van der Waals surface area contributed by atoms with E-state index in [0.717, 1.165) is 16.9 Å². The van der Waals surface area contributed by atoms with Gasteiger partial charge in [-0.25, -0.2) is 4.98 Å². The number of rotatable bonds is 11. The van der Waals surface area contributed by atoms with Gasteiger partial charge in [-0.05, 0) is 70.5 Å². The van der Waals surface area contributed by atoms with Gasteiger partial charge in [0.05, 0.1) is 11.0 Å². The highest BCUT2D eigenvalue weighted by Gasteiger charge is 2.22. The highest BCUT2D eigenvalue weighted by molar-refractivity contribution is 6.30. The molecule has 0 spiro atoms. The van der Waals surface area contributed by atoms with E-state index < -0.39 is 0 Å². The Hall–Kier alpha value is -3.06. The first kappa shape index (κ1) is 25.6. The number of nitrogens with zero attached hydrogens (tertiary/aromatic N) is 3. The minimum Gasteiger partial charge on any atom is -0.484 e. The maximum Gasteiger partial charge on any atom is 0.257 e. The predicted molar refractivity (Wildman–Crippen MR) is 135 cm³/mol. The molecule has 2 amide bonds. The van der Waals surface area contributed by atoms with Crippen LogP contribution in [0.2, 0.25) is 5.02 Å². The summed E-state index contributed by atoms with van der Waals surface area (Å²) in [6.07, 6.45) is 1.34. The third-order valence-electron chi connectivity index (χ3n) is 5.51. The van der Waals surface area contributed by atoms with E-state index in [0.29, 0.717) is 30.2 Å². The van der Waals surface area contributed by atoms with Gasteiger partial charge in [-0.3, -0.25) is 9.59 Å². The van der Waals surface area contributed by atoms with Gasteiger partial charge in [0.2, 0.25) is 5.91 Å². The van der Waals surface area contributed by atoms with Crippen molar-refractivity contribution in [2.75, 3.05) is 13.2 Å². The first-order valence-electron chi connectivity index (χ1n) is 11.7. The standard InChI is InChI=1S/C26H33ClN4O3/c1-18(2)31(19(3)4)26(33)16-30-23-9-6-5-8-22(23)29-24(30)10-7-15-28-25(32)17-34-21-13-11-20(27)12-14-21/h5-6,8-9,11-14,18-19H,7,10,15-17H2,1-4H3,(H,28,32). The number of halogens is 1. The summed E-state index contributed by atoms with van der Waals surface area (Å²) >= 11 is 5.85. The second-order valence-corrected chi connectivity index (χ2v) is 9.22. The molecular formula is C26H33ClN4O3. The molecule has 0 fully saturated rings. The van der Waals surface area contributed by atoms with Gasteiger partial charge in [-0.15, -0.1) is 0 Å². The molecule has 0 unspecified atom stereocenters. The number of amides is 2. The maximum absolute atomic E-state index is 13.1. The number of hydrogen-bond donors (Lipinski definition) is 1. The highest BCUT2D eigenvalue weighted by atomic mass is 35.5. The smallest absolute Gasteiger partial charge is 0.257 e. The molecule has 2 aromatic carbocycles. The van der Waals surface area contributed by atoms with Gasteiger partial charge in [-0.1, -0.05) is 23.7 Å². The molecule has 34 heavy (non-hydrogen) atoms. The number of aromatic nitrogens is 2. The molecule has 0 atom stereocenters. The molecule has 0 saturated carbocycles. The van der Waals surface area contributed by atoms with Crippen LogP contribution in [-0.2, 0) is 22.6 Å². The van der Waals surface area contributed by atoms with Gasteiger partial charge in [0.1, 0.15) is 18.1 Å². The number of nitrogens with one attached hydrogen (secondary N) is 1. The molecule has 3 rings (SSSR count). The number of para-hydroxylation sites is 2. The summed E-state index contributed by atoms with van der Waals surface area (Å²) in [4.78, 5) is 31.9.